The van der Waals surface area contributed by atoms with E-state index in [0.717, 1.165) is 22.4 Å². The lowest BCUT2D eigenvalue weighted by molar-refractivity contribution is -0.115. The summed E-state index contributed by atoms with van der Waals surface area (Å²) in [7, 11) is 1.59. The summed E-state index contributed by atoms with van der Waals surface area (Å²) >= 11 is 7.43. The third-order valence-corrected chi connectivity index (χ3v) is 6.45. The highest BCUT2D eigenvalue weighted by atomic mass is 35.5. The summed E-state index contributed by atoms with van der Waals surface area (Å²) in [5.74, 6) is 0.990. The lowest BCUT2D eigenvalue weighted by Crippen LogP contribution is -2.19. The fourth-order valence-corrected chi connectivity index (χ4v) is 4.44. The van der Waals surface area contributed by atoms with E-state index in [-0.39, 0.29) is 5.91 Å². The van der Waals surface area contributed by atoms with Gasteiger partial charge in [0.1, 0.15) is 11.0 Å². The normalized spacial score (nSPS) is 11.8. The number of anilines is 1. The Morgan fingerprint density at radius 2 is 1.88 bits per heavy atom. The Hall–Kier alpha value is -3.29. The van der Waals surface area contributed by atoms with Gasteiger partial charge < -0.3 is 10.1 Å². The lowest BCUT2D eigenvalue weighted by Gasteiger charge is -2.17. The van der Waals surface area contributed by atoms with Crippen LogP contribution in [-0.2, 0) is 4.79 Å². The van der Waals surface area contributed by atoms with Crippen molar-refractivity contribution in [2.45, 2.75) is 24.3 Å². The van der Waals surface area contributed by atoms with Crippen molar-refractivity contribution in [1.82, 2.24) is 15.2 Å². The molecule has 0 radical (unpaired) electrons. The number of carbonyl (C=O) groups is 1. The number of hydrogen-bond donors (Lipinski definition) is 2. The highest BCUT2D eigenvalue weighted by Crippen LogP contribution is 2.37. The summed E-state index contributed by atoms with van der Waals surface area (Å²) in [6.07, 6.45) is 0. The van der Waals surface area contributed by atoms with Crippen molar-refractivity contribution >= 4 is 35.0 Å². The molecule has 0 bridgehead atoms. The summed E-state index contributed by atoms with van der Waals surface area (Å²) in [6, 6.07) is 20.9. The highest BCUT2D eigenvalue weighted by molar-refractivity contribution is 8.00. The largest absolute Gasteiger partial charge is 0.496 e. The average Bonchev–Trinajstić information content (AvgIpc) is 3.29. The minimum Gasteiger partial charge on any atom is -0.496 e. The summed E-state index contributed by atoms with van der Waals surface area (Å²) in [6.45, 7) is 3.97. The second-order valence-corrected chi connectivity index (χ2v) is 9.04. The van der Waals surface area contributed by atoms with Crippen LogP contribution in [0.4, 0.5) is 5.69 Å². The first-order valence-corrected chi connectivity index (χ1v) is 11.6. The molecule has 6 nitrogen and oxygen atoms in total. The van der Waals surface area contributed by atoms with Gasteiger partial charge in [0.25, 0.3) is 0 Å². The van der Waals surface area contributed by atoms with Crippen molar-refractivity contribution < 1.29 is 9.53 Å². The topological polar surface area (TPSA) is 79.9 Å². The Labute approximate surface area is 201 Å². The van der Waals surface area contributed by atoms with Crippen molar-refractivity contribution in [3.63, 3.8) is 0 Å². The Morgan fingerprint density at radius 1 is 1.09 bits per heavy atom. The van der Waals surface area contributed by atoms with Gasteiger partial charge in [-0.15, -0.1) is 5.10 Å². The number of nitrogens with zero attached hydrogens (tertiary/aromatic N) is 2. The van der Waals surface area contributed by atoms with Gasteiger partial charge in [-0.1, -0.05) is 65.8 Å². The van der Waals surface area contributed by atoms with Crippen molar-refractivity contribution in [3.8, 4) is 17.1 Å². The second kappa shape index (κ2) is 10.1. The van der Waals surface area contributed by atoms with Crippen LogP contribution in [0.1, 0.15) is 21.9 Å². The maximum absolute atomic E-state index is 13.4. The van der Waals surface area contributed by atoms with Gasteiger partial charge >= 0.3 is 0 Å². The minimum atomic E-state index is -0.545. The molecule has 1 atom stereocenters. The van der Waals surface area contributed by atoms with Crippen molar-refractivity contribution in [1.29, 1.82) is 0 Å². The number of thioether (sulfide) groups is 1. The molecule has 0 saturated heterocycles. The number of aromatic nitrogens is 3. The van der Waals surface area contributed by atoms with Crippen LogP contribution in [0.15, 0.2) is 71.9 Å². The monoisotopic (exact) mass is 478 g/mol. The molecule has 0 spiro atoms. The third-order valence-electron chi connectivity index (χ3n) is 5.10. The van der Waals surface area contributed by atoms with E-state index < -0.39 is 5.25 Å². The van der Waals surface area contributed by atoms with E-state index in [1.165, 1.54) is 11.8 Å². The molecule has 33 heavy (non-hydrogen) atoms. The molecule has 1 amide bonds. The van der Waals surface area contributed by atoms with E-state index in [2.05, 4.69) is 20.5 Å². The zero-order valence-electron chi connectivity index (χ0n) is 18.4. The number of aromatic amines is 1. The van der Waals surface area contributed by atoms with Gasteiger partial charge in [0.05, 0.1) is 12.7 Å². The second-order valence-electron chi connectivity index (χ2n) is 7.53. The molecule has 1 aromatic heterocycles. The summed E-state index contributed by atoms with van der Waals surface area (Å²) in [4.78, 5) is 18.0. The molecule has 1 unspecified atom stereocenters. The molecule has 4 rings (SSSR count). The Morgan fingerprint density at radius 3 is 2.64 bits per heavy atom. The fourth-order valence-electron chi connectivity index (χ4n) is 3.36. The number of nitrogens with one attached hydrogen (secondary N) is 2. The van der Waals surface area contributed by atoms with Crippen molar-refractivity contribution in [2.75, 3.05) is 12.4 Å². The number of aryl methyl sites for hydroxylation is 2. The van der Waals surface area contributed by atoms with Gasteiger partial charge in [-0.25, -0.2) is 4.98 Å². The number of halogens is 1. The van der Waals surface area contributed by atoms with E-state index in [4.69, 9.17) is 16.3 Å². The Kier molecular flexibility index (Phi) is 7.01. The van der Waals surface area contributed by atoms with E-state index in [9.17, 15) is 4.79 Å². The van der Waals surface area contributed by atoms with Crippen LogP contribution in [0.2, 0.25) is 5.02 Å². The highest BCUT2D eigenvalue weighted by Gasteiger charge is 2.25. The molecule has 4 aromatic rings. The molecule has 0 aliphatic carbocycles. The molecule has 8 heteroatoms. The van der Waals surface area contributed by atoms with Crippen LogP contribution in [-0.4, -0.2) is 28.2 Å². The molecule has 1 heterocycles. The Bertz CT molecular complexity index is 1280. The van der Waals surface area contributed by atoms with Crippen molar-refractivity contribution in [3.05, 3.63) is 88.4 Å². The molecular weight excluding hydrogens is 456 g/mol. The summed E-state index contributed by atoms with van der Waals surface area (Å²) < 4.78 is 5.42. The predicted molar refractivity (Wildman–Crippen MR) is 133 cm³/mol. The maximum Gasteiger partial charge on any atom is 0.242 e. The quantitative estimate of drug-likeness (QED) is 0.308. The number of methoxy groups -OCH3 is 1. The number of hydrogen-bond acceptors (Lipinski definition) is 5. The van der Waals surface area contributed by atoms with Gasteiger partial charge in [-0.2, -0.15) is 0 Å². The predicted octanol–water partition coefficient (Wildman–Crippen LogP) is 6.22. The molecule has 0 saturated carbocycles. The first-order chi connectivity index (χ1) is 15.9. The zero-order chi connectivity index (χ0) is 23.4. The number of ether oxygens (including phenoxy) is 1. The average molecular weight is 479 g/mol. The number of carbonyl (C=O) groups excluding carboxylic acids is 1. The Balaban J connectivity index is 1.63. The van der Waals surface area contributed by atoms with Gasteiger partial charge in [0.15, 0.2) is 5.82 Å². The molecule has 0 aliphatic heterocycles. The first kappa shape index (κ1) is 22.9. The maximum atomic E-state index is 13.4. The number of amides is 1. The fraction of sp³-hybridized carbons (Fsp3) is 0.160. The number of H-pyrrole nitrogens is 1. The first-order valence-electron chi connectivity index (χ1n) is 10.3. The lowest BCUT2D eigenvalue weighted by atomic mass is 10.1. The van der Waals surface area contributed by atoms with Crippen LogP contribution in [0.25, 0.3) is 11.4 Å². The molecule has 168 valence electrons. The van der Waals surface area contributed by atoms with Crippen LogP contribution in [0, 0.1) is 13.8 Å². The van der Waals surface area contributed by atoms with E-state index in [0.29, 0.717) is 27.3 Å². The van der Waals surface area contributed by atoms with Crippen LogP contribution < -0.4 is 10.1 Å². The summed E-state index contributed by atoms with van der Waals surface area (Å²) in [5.41, 5.74) is 4.42. The number of rotatable bonds is 7. The minimum absolute atomic E-state index is 0.147. The molecule has 3 aromatic carbocycles. The van der Waals surface area contributed by atoms with Crippen LogP contribution in [0.5, 0.6) is 5.75 Å². The van der Waals surface area contributed by atoms with Gasteiger partial charge in [0, 0.05) is 10.7 Å². The third kappa shape index (κ3) is 5.38. The summed E-state index contributed by atoms with van der Waals surface area (Å²) in [5, 5.41) is 10.8. The van der Waals surface area contributed by atoms with E-state index >= 15 is 0 Å². The van der Waals surface area contributed by atoms with E-state index in [1.807, 2.05) is 62.4 Å². The molecule has 2 N–H and O–H groups in total. The smallest absolute Gasteiger partial charge is 0.242 e. The van der Waals surface area contributed by atoms with E-state index in [1.54, 1.807) is 25.3 Å². The molecule has 0 aliphatic rings. The number of benzene rings is 3. The molecule has 0 fully saturated rings. The van der Waals surface area contributed by atoms with Crippen LogP contribution in [0.3, 0.4) is 0 Å². The van der Waals surface area contributed by atoms with Crippen molar-refractivity contribution in [2.24, 2.45) is 0 Å². The van der Waals surface area contributed by atoms with Gasteiger partial charge in [-0.3, -0.25) is 9.89 Å². The van der Waals surface area contributed by atoms with Gasteiger partial charge in [0.2, 0.25) is 11.1 Å². The zero-order valence-corrected chi connectivity index (χ0v) is 20.0. The van der Waals surface area contributed by atoms with Crippen LogP contribution >= 0.6 is 23.4 Å². The molecular formula is C25H23ClN4O2S. The van der Waals surface area contributed by atoms with Gasteiger partial charge in [-0.05, 0) is 54.8 Å². The SMILES string of the molecule is COc1ccc(Cl)cc1-c1nc(SC(C(=O)Nc2cc(C)ccc2C)c2ccccc2)n[nH]1. The standard InChI is InChI=1S/C25H23ClN4O2S/c1-15-9-10-16(2)20(13-15)27-24(31)22(17-7-5-4-6-8-17)33-25-28-23(29-30-25)19-14-18(26)11-12-21(19)32-3/h4-14,22H,1-3H3,(H,27,31)(H,28,29,30).